The molecule has 0 atom stereocenters. The maximum atomic E-state index is 11.9. The monoisotopic (exact) mass is 326 g/mol. The first-order valence-electron chi connectivity index (χ1n) is 5.23. The highest BCUT2D eigenvalue weighted by Gasteiger charge is 2.16. The quantitative estimate of drug-likeness (QED) is 0.781. The van der Waals surface area contributed by atoms with E-state index in [1.165, 1.54) is 16.8 Å². The van der Waals surface area contributed by atoms with Crippen LogP contribution in [0.15, 0.2) is 27.6 Å². The third-order valence-corrected chi connectivity index (χ3v) is 2.68. The molecule has 0 aliphatic rings. The first-order chi connectivity index (χ1) is 8.93. The summed E-state index contributed by atoms with van der Waals surface area (Å²) in [5.74, 6) is 0.522. The topological polar surface area (TPSA) is 79.6 Å². The van der Waals surface area contributed by atoms with Crippen LogP contribution in [0.5, 0.6) is 0 Å². The summed E-state index contributed by atoms with van der Waals surface area (Å²) < 4.78 is 1.82. The van der Waals surface area contributed by atoms with Crippen LogP contribution in [0, 0.1) is 12.3 Å². The Morgan fingerprint density at radius 1 is 1.47 bits per heavy atom. The van der Waals surface area contributed by atoms with Gasteiger partial charge < -0.3 is 14.6 Å². The van der Waals surface area contributed by atoms with E-state index in [1.54, 1.807) is 6.07 Å². The van der Waals surface area contributed by atoms with E-state index in [4.69, 9.17) is 11.5 Å². The molecule has 0 saturated carbocycles. The van der Waals surface area contributed by atoms with Gasteiger partial charge in [0.2, 0.25) is 5.91 Å². The molecule has 19 heavy (non-hydrogen) atoms. The van der Waals surface area contributed by atoms with Crippen molar-refractivity contribution in [1.29, 1.82) is 0 Å². The molecule has 0 saturated heterocycles. The molecule has 1 N–H and O–H groups in total. The number of carbonyl (C=O) groups is 2. The zero-order chi connectivity index (χ0) is 14.4. The normalized spacial score (nSPS) is 9.68. The van der Waals surface area contributed by atoms with Crippen LogP contribution >= 0.6 is 15.9 Å². The van der Waals surface area contributed by atoms with Crippen LogP contribution < -0.4 is 5.56 Å². The minimum absolute atomic E-state index is 0.117. The van der Waals surface area contributed by atoms with E-state index in [9.17, 15) is 14.4 Å². The Balaban J connectivity index is 2.87. The number of carboxylic acid groups (broad SMARTS) is 1. The van der Waals surface area contributed by atoms with Gasteiger partial charge in [-0.05, 0) is 22.0 Å². The molecule has 0 unspecified atom stereocenters. The molecule has 1 aromatic rings. The Morgan fingerprint density at radius 2 is 2.16 bits per heavy atom. The van der Waals surface area contributed by atoms with E-state index in [1.807, 2.05) is 0 Å². The van der Waals surface area contributed by atoms with Crippen molar-refractivity contribution >= 4 is 27.8 Å². The summed E-state index contributed by atoms with van der Waals surface area (Å²) in [5.41, 5.74) is -0.354. The number of terminal acetylenes is 1. The zero-order valence-corrected chi connectivity index (χ0v) is 11.5. The van der Waals surface area contributed by atoms with Gasteiger partial charge in [0.15, 0.2) is 0 Å². The Morgan fingerprint density at radius 3 is 2.74 bits per heavy atom. The molecule has 6 nitrogen and oxygen atoms in total. The molecule has 0 aliphatic heterocycles. The zero-order valence-electron chi connectivity index (χ0n) is 9.88. The van der Waals surface area contributed by atoms with Gasteiger partial charge in [-0.3, -0.25) is 14.4 Å². The summed E-state index contributed by atoms with van der Waals surface area (Å²) >= 11 is 3.18. The van der Waals surface area contributed by atoms with E-state index in [0.717, 1.165) is 4.90 Å². The van der Waals surface area contributed by atoms with Gasteiger partial charge in [0.25, 0.3) is 5.56 Å². The van der Waals surface area contributed by atoms with Gasteiger partial charge in [-0.25, -0.2) is 0 Å². The van der Waals surface area contributed by atoms with Crippen molar-refractivity contribution in [1.82, 2.24) is 9.47 Å². The lowest BCUT2D eigenvalue weighted by molar-refractivity contribution is -0.144. The smallest absolute Gasteiger partial charge is 0.323 e. The number of nitrogens with zero attached hydrogens (tertiary/aromatic N) is 2. The van der Waals surface area contributed by atoms with Crippen LogP contribution in [-0.2, 0) is 16.1 Å². The Kier molecular flexibility index (Phi) is 5.33. The Labute approximate surface area is 117 Å². The van der Waals surface area contributed by atoms with Crippen LogP contribution in [0.4, 0.5) is 0 Å². The van der Waals surface area contributed by atoms with Crippen LogP contribution in [0.3, 0.4) is 0 Å². The molecule has 1 aromatic heterocycles. The van der Waals surface area contributed by atoms with Crippen molar-refractivity contribution < 1.29 is 14.7 Å². The Bertz CT molecular complexity index is 588. The highest BCUT2D eigenvalue weighted by atomic mass is 79.9. The number of hydrogen-bond acceptors (Lipinski definition) is 3. The van der Waals surface area contributed by atoms with Gasteiger partial charge in [-0.15, -0.1) is 6.42 Å². The predicted octanol–water partition coefficient (Wildman–Crippen LogP) is 0.157. The molecule has 1 amide bonds. The predicted molar refractivity (Wildman–Crippen MR) is 71.5 cm³/mol. The number of amides is 1. The number of rotatable bonds is 5. The third kappa shape index (κ3) is 4.60. The van der Waals surface area contributed by atoms with Crippen molar-refractivity contribution in [2.24, 2.45) is 0 Å². The molecular weight excluding hydrogens is 316 g/mol. The summed E-state index contributed by atoms with van der Waals surface area (Å²) in [6.45, 7) is -0.868. The van der Waals surface area contributed by atoms with Crippen LogP contribution in [0.1, 0.15) is 0 Å². The molecule has 1 heterocycles. The van der Waals surface area contributed by atoms with Crippen molar-refractivity contribution in [3.63, 3.8) is 0 Å². The Hall–Kier alpha value is -2.07. The number of hydrogen-bond donors (Lipinski definition) is 1. The average molecular weight is 327 g/mol. The fourth-order valence-corrected chi connectivity index (χ4v) is 1.76. The molecule has 0 bridgehead atoms. The van der Waals surface area contributed by atoms with E-state index < -0.39 is 18.4 Å². The van der Waals surface area contributed by atoms with Gasteiger partial charge in [-0.1, -0.05) is 5.92 Å². The van der Waals surface area contributed by atoms with Crippen molar-refractivity contribution in [3.05, 3.63) is 33.2 Å². The number of aliphatic carboxylic acids is 1. The minimum atomic E-state index is -1.16. The highest BCUT2D eigenvalue weighted by Crippen LogP contribution is 2.05. The number of carboxylic acids is 1. The number of halogens is 1. The fourth-order valence-electron chi connectivity index (χ4n) is 1.38. The summed E-state index contributed by atoms with van der Waals surface area (Å²) in [6, 6.07) is 2.86. The minimum Gasteiger partial charge on any atom is -0.480 e. The van der Waals surface area contributed by atoms with Crippen LogP contribution in [0.25, 0.3) is 0 Å². The maximum Gasteiger partial charge on any atom is 0.323 e. The molecule has 1 rings (SSSR count). The fraction of sp³-hybridized carbons (Fsp3) is 0.250. The number of pyridine rings is 1. The molecule has 100 valence electrons. The second-order valence-corrected chi connectivity index (χ2v) is 4.58. The van der Waals surface area contributed by atoms with Crippen LogP contribution in [-0.4, -0.2) is 39.5 Å². The van der Waals surface area contributed by atoms with Crippen LogP contribution in [0.2, 0.25) is 0 Å². The van der Waals surface area contributed by atoms with Crippen molar-refractivity contribution in [2.75, 3.05) is 13.1 Å². The van der Waals surface area contributed by atoms with E-state index in [0.29, 0.717) is 4.47 Å². The molecule has 7 heteroatoms. The molecule has 0 aromatic carbocycles. The van der Waals surface area contributed by atoms with Gasteiger partial charge in [-0.2, -0.15) is 0 Å². The summed E-state index contributed by atoms with van der Waals surface area (Å²) in [5, 5.41) is 8.69. The summed E-state index contributed by atoms with van der Waals surface area (Å²) in [4.78, 5) is 35.0. The standard InChI is InChI=1S/C12H11BrN2O4/c1-2-5-14(8-12(18)19)11(17)7-15-6-9(13)3-4-10(15)16/h1,3-4,6H,5,7-8H2,(H,18,19). The molecule has 0 aliphatic carbocycles. The first-order valence-corrected chi connectivity index (χ1v) is 6.02. The van der Waals surface area contributed by atoms with E-state index in [2.05, 4.69) is 21.9 Å². The summed E-state index contributed by atoms with van der Waals surface area (Å²) in [7, 11) is 0. The van der Waals surface area contributed by atoms with Gasteiger partial charge in [0.1, 0.15) is 13.1 Å². The van der Waals surface area contributed by atoms with E-state index in [-0.39, 0.29) is 18.6 Å². The molecule has 0 spiro atoms. The largest absolute Gasteiger partial charge is 0.480 e. The summed E-state index contributed by atoms with van der Waals surface area (Å²) in [6.07, 6.45) is 6.53. The van der Waals surface area contributed by atoms with Gasteiger partial charge >= 0.3 is 5.97 Å². The van der Waals surface area contributed by atoms with Gasteiger partial charge in [0, 0.05) is 16.7 Å². The lowest BCUT2D eigenvalue weighted by Gasteiger charge is -2.18. The molecule has 0 radical (unpaired) electrons. The highest BCUT2D eigenvalue weighted by molar-refractivity contribution is 9.10. The van der Waals surface area contributed by atoms with Crippen molar-refractivity contribution in [3.8, 4) is 12.3 Å². The molecular formula is C12H11BrN2O4. The second-order valence-electron chi connectivity index (χ2n) is 3.66. The number of carbonyl (C=O) groups excluding carboxylic acids is 1. The lowest BCUT2D eigenvalue weighted by atomic mass is 10.4. The lowest BCUT2D eigenvalue weighted by Crippen LogP contribution is -2.39. The SMILES string of the molecule is C#CCN(CC(=O)O)C(=O)Cn1cc(Br)ccc1=O. The first kappa shape index (κ1) is 15.0. The second kappa shape index (κ2) is 6.75. The third-order valence-electron chi connectivity index (χ3n) is 2.21. The average Bonchev–Trinajstić information content (AvgIpc) is 2.32. The number of aromatic nitrogens is 1. The maximum absolute atomic E-state index is 11.9. The van der Waals surface area contributed by atoms with E-state index >= 15 is 0 Å². The van der Waals surface area contributed by atoms with Gasteiger partial charge in [0.05, 0.1) is 6.54 Å². The van der Waals surface area contributed by atoms with Crippen molar-refractivity contribution in [2.45, 2.75) is 6.54 Å². The molecule has 0 fully saturated rings.